The van der Waals surface area contributed by atoms with E-state index in [9.17, 15) is 18.0 Å². The van der Waals surface area contributed by atoms with Crippen LogP contribution in [0.5, 0.6) is 5.75 Å². The molecule has 1 aromatic carbocycles. The van der Waals surface area contributed by atoms with Crippen LogP contribution in [0.2, 0.25) is 0 Å². The van der Waals surface area contributed by atoms with Crippen molar-refractivity contribution in [2.45, 2.75) is 62.9 Å². The van der Waals surface area contributed by atoms with E-state index in [0.717, 1.165) is 49.6 Å². The summed E-state index contributed by atoms with van der Waals surface area (Å²) in [6, 6.07) is 4.05. The number of benzene rings is 1. The normalized spacial score (nSPS) is 22.3. The summed E-state index contributed by atoms with van der Waals surface area (Å²) in [6.45, 7) is 5.89. The number of amides is 1. The first-order valence-corrected chi connectivity index (χ1v) is 15.2. The largest absolute Gasteiger partial charge is 0.497 e. The van der Waals surface area contributed by atoms with E-state index >= 15 is 0 Å². The molecule has 1 aliphatic heterocycles. The van der Waals surface area contributed by atoms with Gasteiger partial charge in [0, 0.05) is 39.3 Å². The number of rotatable bonds is 11. The van der Waals surface area contributed by atoms with Crippen molar-refractivity contribution in [2.24, 2.45) is 5.92 Å². The predicted molar refractivity (Wildman–Crippen MR) is 150 cm³/mol. The number of hydrogen-bond acceptors (Lipinski definition) is 8. The van der Waals surface area contributed by atoms with Gasteiger partial charge in [-0.1, -0.05) is 0 Å². The van der Waals surface area contributed by atoms with Crippen LogP contribution >= 0.6 is 0 Å². The third-order valence-electron chi connectivity index (χ3n) is 8.30. The summed E-state index contributed by atoms with van der Waals surface area (Å²) < 4.78 is 37.6. The fourth-order valence-corrected chi connectivity index (χ4v) is 7.35. The molecule has 2 aliphatic rings. The highest BCUT2D eigenvalue weighted by Crippen LogP contribution is 2.30. The topological polar surface area (TPSA) is 99.7 Å². The molecule has 0 aromatic heterocycles. The zero-order valence-corrected chi connectivity index (χ0v) is 25.4. The monoisotopic (exact) mass is 566 g/mol. The average molecular weight is 567 g/mol. The minimum Gasteiger partial charge on any atom is -0.497 e. The van der Waals surface area contributed by atoms with Crippen molar-refractivity contribution in [2.75, 3.05) is 68.1 Å². The number of sulfonamides is 1. The van der Waals surface area contributed by atoms with E-state index < -0.39 is 29.1 Å². The van der Waals surface area contributed by atoms with Gasteiger partial charge in [0.05, 0.1) is 12.0 Å². The first-order chi connectivity index (χ1) is 18.3. The summed E-state index contributed by atoms with van der Waals surface area (Å²) in [5, 5.41) is 0. The number of likely N-dealkylation sites (N-methyl/N-ethyl adjacent to an activating group) is 3. The van der Waals surface area contributed by atoms with Crippen LogP contribution in [0, 0.1) is 19.8 Å². The average Bonchev–Trinajstić information content (AvgIpc) is 3.35. The van der Waals surface area contributed by atoms with E-state index in [0.29, 0.717) is 28.8 Å². The Hall–Kier alpha value is -2.21. The maximum Gasteiger partial charge on any atom is 0.321 e. The summed E-state index contributed by atoms with van der Waals surface area (Å²) in [6.07, 6.45) is 5.26. The van der Waals surface area contributed by atoms with E-state index in [4.69, 9.17) is 9.47 Å². The van der Waals surface area contributed by atoms with Gasteiger partial charge in [0.2, 0.25) is 10.0 Å². The molecule has 1 atom stereocenters. The lowest BCUT2D eigenvalue weighted by Gasteiger charge is -2.36. The highest BCUT2D eigenvalue weighted by molar-refractivity contribution is 7.89. The van der Waals surface area contributed by atoms with Crippen LogP contribution < -0.4 is 4.74 Å². The van der Waals surface area contributed by atoms with Crippen LogP contribution in [0.1, 0.15) is 43.2 Å². The van der Waals surface area contributed by atoms with E-state index in [1.807, 2.05) is 0 Å². The highest BCUT2D eigenvalue weighted by Gasteiger charge is 2.31. The number of hydrogen-bond donors (Lipinski definition) is 0. The Morgan fingerprint density at radius 2 is 1.59 bits per heavy atom. The molecule has 1 saturated carbocycles. The van der Waals surface area contributed by atoms with Gasteiger partial charge in [0.1, 0.15) is 12.3 Å². The molecule has 0 spiro atoms. The smallest absolute Gasteiger partial charge is 0.321 e. The molecular weight excluding hydrogens is 520 g/mol. The van der Waals surface area contributed by atoms with Gasteiger partial charge >= 0.3 is 5.97 Å². The second-order valence-electron chi connectivity index (χ2n) is 11.4. The van der Waals surface area contributed by atoms with Crippen molar-refractivity contribution in [3.8, 4) is 5.75 Å². The van der Waals surface area contributed by atoms with Gasteiger partial charge in [-0.2, -0.15) is 4.31 Å². The number of carbonyl (C=O) groups is 2. The number of esters is 1. The van der Waals surface area contributed by atoms with E-state index in [2.05, 4.69) is 23.9 Å². The van der Waals surface area contributed by atoms with E-state index in [1.165, 1.54) is 20.6 Å². The molecule has 1 amide bonds. The van der Waals surface area contributed by atoms with Gasteiger partial charge in [-0.15, -0.1) is 0 Å². The molecule has 0 N–H and O–H groups in total. The summed E-state index contributed by atoms with van der Waals surface area (Å²) in [5.41, 5.74) is 1.05. The second-order valence-corrected chi connectivity index (χ2v) is 13.3. The molecule has 0 bridgehead atoms. The van der Waals surface area contributed by atoms with Crippen LogP contribution in [0.25, 0.3) is 0 Å². The Balaban J connectivity index is 1.44. The Kier molecular flexibility index (Phi) is 10.8. The molecular formula is C28H46N4O6S. The van der Waals surface area contributed by atoms with Gasteiger partial charge in [0.25, 0.3) is 5.91 Å². The van der Waals surface area contributed by atoms with Crippen molar-refractivity contribution in [1.82, 2.24) is 19.0 Å². The summed E-state index contributed by atoms with van der Waals surface area (Å²) in [4.78, 5) is 31.9. The predicted octanol–water partition coefficient (Wildman–Crippen LogP) is 2.13. The standard InChI is InChI=1S/C28H46N4O6S/c1-20-14-25(37-7)15-21(2)28(20)39(35,36)30(5)18-27(34)38-19-26(33)31(6)23-10-8-22(9-11-23)16-32-13-12-24(17-32)29(3)4/h14-15,22-24H,8-13,16-19H2,1-7H3. The maximum atomic E-state index is 13.1. The van der Waals surface area contributed by atoms with Crippen LogP contribution in [-0.2, 0) is 24.3 Å². The quantitative estimate of drug-likeness (QED) is 0.376. The van der Waals surface area contributed by atoms with E-state index in [1.54, 1.807) is 37.9 Å². The highest BCUT2D eigenvalue weighted by atomic mass is 32.2. The lowest BCUT2D eigenvalue weighted by Crippen LogP contribution is -2.43. The Morgan fingerprint density at radius 1 is 0.974 bits per heavy atom. The molecule has 2 fully saturated rings. The van der Waals surface area contributed by atoms with Crippen molar-refractivity contribution >= 4 is 21.9 Å². The molecule has 3 rings (SSSR count). The Labute approximate surface area is 234 Å². The first-order valence-electron chi connectivity index (χ1n) is 13.7. The molecule has 220 valence electrons. The Bertz CT molecular complexity index is 1090. The summed E-state index contributed by atoms with van der Waals surface area (Å²) in [7, 11) is 4.96. The minimum atomic E-state index is -3.94. The number of methoxy groups -OCH3 is 1. The Morgan fingerprint density at radius 3 is 2.13 bits per heavy atom. The molecule has 0 radical (unpaired) electrons. The third kappa shape index (κ3) is 7.93. The maximum absolute atomic E-state index is 13.1. The van der Waals surface area contributed by atoms with Gasteiger partial charge in [-0.05, 0) is 95.8 Å². The molecule has 1 unspecified atom stereocenters. The van der Waals surface area contributed by atoms with Crippen LogP contribution in [0.3, 0.4) is 0 Å². The number of ether oxygens (including phenoxy) is 2. The van der Waals surface area contributed by atoms with Crippen molar-refractivity contribution in [1.29, 1.82) is 0 Å². The zero-order valence-electron chi connectivity index (χ0n) is 24.6. The lowest BCUT2D eigenvalue weighted by atomic mass is 9.85. The molecule has 1 aromatic rings. The molecule has 10 nitrogen and oxygen atoms in total. The molecule has 1 aliphatic carbocycles. The van der Waals surface area contributed by atoms with Crippen LogP contribution in [-0.4, -0.2) is 119 Å². The molecule has 39 heavy (non-hydrogen) atoms. The molecule has 1 saturated heterocycles. The number of carbonyl (C=O) groups excluding carboxylic acids is 2. The van der Waals surface area contributed by atoms with Crippen molar-refractivity contribution in [3.63, 3.8) is 0 Å². The first kappa shape index (κ1) is 31.3. The van der Waals surface area contributed by atoms with E-state index in [-0.39, 0.29) is 16.8 Å². The summed E-state index contributed by atoms with van der Waals surface area (Å²) >= 11 is 0. The summed E-state index contributed by atoms with van der Waals surface area (Å²) in [5.74, 6) is 0.176. The fourth-order valence-electron chi connectivity index (χ4n) is 5.83. The molecule has 11 heteroatoms. The van der Waals surface area contributed by atoms with Gasteiger partial charge < -0.3 is 24.2 Å². The van der Waals surface area contributed by atoms with Crippen LogP contribution in [0.15, 0.2) is 17.0 Å². The zero-order chi connectivity index (χ0) is 28.9. The lowest BCUT2D eigenvalue weighted by molar-refractivity contribution is -0.152. The number of nitrogens with zero attached hydrogens (tertiary/aromatic N) is 4. The third-order valence-corrected chi connectivity index (χ3v) is 10.4. The fraction of sp³-hybridized carbons (Fsp3) is 0.714. The van der Waals surface area contributed by atoms with Crippen molar-refractivity contribution in [3.05, 3.63) is 23.3 Å². The second kappa shape index (κ2) is 13.4. The van der Waals surface area contributed by atoms with Gasteiger partial charge in [-0.3, -0.25) is 9.59 Å². The molecule has 1 heterocycles. The number of likely N-dealkylation sites (tertiary alicyclic amines) is 1. The van der Waals surface area contributed by atoms with Gasteiger partial charge in [0.15, 0.2) is 6.61 Å². The minimum absolute atomic E-state index is 0.129. The SMILES string of the molecule is COc1cc(C)c(S(=O)(=O)N(C)CC(=O)OCC(=O)N(C)C2CCC(CN3CCC(N(C)C)C3)CC2)c(C)c1. The van der Waals surface area contributed by atoms with Crippen molar-refractivity contribution < 1.29 is 27.5 Å². The number of aryl methyl sites for hydroxylation is 2. The van der Waals surface area contributed by atoms with Crippen LogP contribution in [0.4, 0.5) is 0 Å². The van der Waals surface area contributed by atoms with Gasteiger partial charge in [-0.25, -0.2) is 8.42 Å².